The highest BCUT2D eigenvalue weighted by molar-refractivity contribution is 5.97. The summed E-state index contributed by atoms with van der Waals surface area (Å²) in [7, 11) is 0. The number of ether oxygens (including phenoxy) is 2. The van der Waals surface area contributed by atoms with Crippen LogP contribution in [-0.2, 0) is 19.1 Å². The SMILES string of the molecule is C=C/C(=C\C(OCC)=C(/N)OCC(C)(C)F)CNC(=O)C(/C=C(\N)NC(C)=O)=C/C(=C)C. The molecule has 0 fully saturated rings. The van der Waals surface area contributed by atoms with Gasteiger partial charge in [0.2, 0.25) is 11.8 Å². The first kappa shape index (κ1) is 28.5. The Bertz CT molecular complexity index is 833. The molecule has 0 heterocycles. The molecule has 0 saturated heterocycles. The number of amides is 2. The molecule has 32 heavy (non-hydrogen) atoms. The van der Waals surface area contributed by atoms with Crippen LogP contribution in [0, 0.1) is 0 Å². The summed E-state index contributed by atoms with van der Waals surface area (Å²) in [5.41, 5.74) is 11.4. The third-order valence-corrected chi connectivity index (χ3v) is 3.44. The van der Waals surface area contributed by atoms with E-state index in [2.05, 4.69) is 23.8 Å². The quantitative estimate of drug-likeness (QED) is 0.194. The van der Waals surface area contributed by atoms with E-state index < -0.39 is 11.6 Å². The van der Waals surface area contributed by atoms with Gasteiger partial charge in [-0.25, -0.2) is 4.39 Å². The third kappa shape index (κ3) is 12.9. The fraction of sp³-hybridized carbons (Fsp3) is 0.391. The first-order valence-electron chi connectivity index (χ1n) is 9.96. The molecule has 9 heteroatoms. The predicted molar refractivity (Wildman–Crippen MR) is 124 cm³/mol. The van der Waals surface area contributed by atoms with Gasteiger partial charge in [0.25, 0.3) is 5.91 Å². The maximum atomic E-state index is 13.7. The van der Waals surface area contributed by atoms with Crippen molar-refractivity contribution in [1.82, 2.24) is 10.6 Å². The van der Waals surface area contributed by atoms with Crippen molar-refractivity contribution in [3.05, 3.63) is 71.6 Å². The molecule has 0 atom stereocenters. The molecular formula is C23H35FN4O4. The molecule has 0 spiro atoms. The van der Waals surface area contributed by atoms with Crippen LogP contribution in [0.1, 0.15) is 34.6 Å². The first-order chi connectivity index (χ1) is 14.8. The molecule has 0 aromatic carbocycles. The minimum atomic E-state index is -1.57. The molecule has 8 nitrogen and oxygen atoms in total. The maximum Gasteiger partial charge on any atom is 0.251 e. The van der Waals surface area contributed by atoms with Gasteiger partial charge in [0.15, 0.2) is 5.76 Å². The monoisotopic (exact) mass is 450 g/mol. The largest absolute Gasteiger partial charge is 0.488 e. The standard InChI is InChI=1S/C23H35FN4O4/c1-8-17(11-19(31-9-2)21(26)32-14-23(6,7)24)13-27-22(30)18(10-15(3)4)12-20(25)28-16(5)29/h8,10-12H,1,3,9,13-14,25-26H2,2,4-7H3,(H,27,30)(H,28,29)/b17-11+,18-10+,20-12+,21-19-. The summed E-state index contributed by atoms with van der Waals surface area (Å²) in [6.07, 6.45) is 5.91. The number of allylic oxidation sites excluding steroid dienone is 3. The van der Waals surface area contributed by atoms with Gasteiger partial charge in [-0.2, -0.15) is 0 Å². The highest BCUT2D eigenvalue weighted by Gasteiger charge is 2.18. The average Bonchev–Trinajstić information content (AvgIpc) is 2.66. The number of hydrogen-bond donors (Lipinski definition) is 4. The minimum Gasteiger partial charge on any atom is -0.488 e. The van der Waals surface area contributed by atoms with Crippen LogP contribution >= 0.6 is 0 Å². The summed E-state index contributed by atoms with van der Waals surface area (Å²) in [5, 5.41) is 5.12. The van der Waals surface area contributed by atoms with Crippen LogP contribution in [0.4, 0.5) is 4.39 Å². The van der Waals surface area contributed by atoms with E-state index in [-0.39, 0.29) is 42.1 Å². The van der Waals surface area contributed by atoms with Gasteiger partial charge in [-0.1, -0.05) is 24.8 Å². The Labute approximate surface area is 189 Å². The zero-order chi connectivity index (χ0) is 24.9. The van der Waals surface area contributed by atoms with Crippen LogP contribution in [0.25, 0.3) is 0 Å². The lowest BCUT2D eigenvalue weighted by Gasteiger charge is -2.17. The molecule has 0 unspecified atom stereocenters. The third-order valence-electron chi connectivity index (χ3n) is 3.44. The average molecular weight is 451 g/mol. The minimum absolute atomic E-state index is 0.0157. The van der Waals surface area contributed by atoms with Crippen LogP contribution in [0.15, 0.2) is 71.6 Å². The van der Waals surface area contributed by atoms with Crippen molar-refractivity contribution in [3.8, 4) is 0 Å². The van der Waals surface area contributed by atoms with Gasteiger partial charge in [0.05, 0.1) is 6.61 Å². The van der Waals surface area contributed by atoms with Crippen molar-refractivity contribution in [2.45, 2.75) is 40.3 Å². The van der Waals surface area contributed by atoms with Crippen LogP contribution < -0.4 is 22.1 Å². The zero-order valence-electron chi connectivity index (χ0n) is 19.5. The summed E-state index contributed by atoms with van der Waals surface area (Å²) in [5.74, 6) is -0.705. The van der Waals surface area contributed by atoms with Crippen molar-refractivity contribution in [2.24, 2.45) is 11.5 Å². The van der Waals surface area contributed by atoms with Crippen molar-refractivity contribution in [3.63, 3.8) is 0 Å². The molecule has 2 amide bonds. The molecule has 0 aliphatic heterocycles. The fourth-order valence-electron chi connectivity index (χ4n) is 2.14. The van der Waals surface area contributed by atoms with Crippen LogP contribution in [0.3, 0.4) is 0 Å². The molecule has 0 aromatic heterocycles. The number of nitrogens with one attached hydrogen (secondary N) is 2. The molecule has 0 aliphatic rings. The van der Waals surface area contributed by atoms with Gasteiger partial charge >= 0.3 is 0 Å². The fourth-order valence-corrected chi connectivity index (χ4v) is 2.14. The lowest BCUT2D eigenvalue weighted by atomic mass is 10.1. The number of carbonyl (C=O) groups excluding carboxylic acids is 2. The topological polar surface area (TPSA) is 129 Å². The number of carbonyl (C=O) groups is 2. The molecule has 0 bridgehead atoms. The van der Waals surface area contributed by atoms with Gasteiger partial charge in [-0.15, -0.1) is 0 Å². The van der Waals surface area contributed by atoms with Gasteiger partial charge in [0, 0.05) is 19.0 Å². The Kier molecular flexibility index (Phi) is 12.2. The van der Waals surface area contributed by atoms with Crippen LogP contribution in [-0.4, -0.2) is 37.2 Å². The predicted octanol–water partition coefficient (Wildman–Crippen LogP) is 2.58. The van der Waals surface area contributed by atoms with Crippen molar-refractivity contribution in [1.29, 1.82) is 0 Å². The molecule has 178 valence electrons. The maximum absolute atomic E-state index is 13.7. The molecule has 0 rings (SSSR count). The Morgan fingerprint density at radius 1 is 1.12 bits per heavy atom. The Morgan fingerprint density at radius 3 is 2.22 bits per heavy atom. The van der Waals surface area contributed by atoms with E-state index in [9.17, 15) is 14.0 Å². The summed E-state index contributed by atoms with van der Waals surface area (Å²) in [4.78, 5) is 23.8. The Hall–Kier alpha value is -3.49. The number of hydrogen-bond acceptors (Lipinski definition) is 6. The summed E-state index contributed by atoms with van der Waals surface area (Å²) >= 11 is 0. The molecule has 0 aliphatic carbocycles. The molecule has 0 saturated carbocycles. The van der Waals surface area contributed by atoms with Crippen molar-refractivity contribution in [2.75, 3.05) is 19.8 Å². The number of rotatable bonds is 13. The highest BCUT2D eigenvalue weighted by Crippen LogP contribution is 2.14. The van der Waals surface area contributed by atoms with Gasteiger partial charge < -0.3 is 31.6 Å². The second-order valence-corrected chi connectivity index (χ2v) is 7.50. The molecule has 0 aromatic rings. The van der Waals surface area contributed by atoms with Gasteiger partial charge in [-0.3, -0.25) is 9.59 Å². The van der Waals surface area contributed by atoms with E-state index in [1.165, 1.54) is 39.0 Å². The number of nitrogens with two attached hydrogens (primary N) is 2. The number of alkyl halides is 1. The zero-order valence-corrected chi connectivity index (χ0v) is 19.5. The smallest absolute Gasteiger partial charge is 0.251 e. The van der Waals surface area contributed by atoms with E-state index >= 15 is 0 Å². The van der Waals surface area contributed by atoms with E-state index in [0.29, 0.717) is 17.8 Å². The normalized spacial score (nSPS) is 13.6. The van der Waals surface area contributed by atoms with Crippen molar-refractivity contribution >= 4 is 11.8 Å². The molecule has 6 N–H and O–H groups in total. The summed E-state index contributed by atoms with van der Waals surface area (Å²) in [6.45, 7) is 15.1. The Morgan fingerprint density at radius 2 is 1.75 bits per heavy atom. The van der Waals surface area contributed by atoms with Gasteiger partial charge in [0.1, 0.15) is 18.1 Å². The van der Waals surface area contributed by atoms with E-state index in [0.717, 1.165) is 0 Å². The lowest BCUT2D eigenvalue weighted by molar-refractivity contribution is -0.118. The Balaban J connectivity index is 5.59. The van der Waals surface area contributed by atoms with E-state index in [1.54, 1.807) is 19.9 Å². The van der Waals surface area contributed by atoms with Crippen LogP contribution in [0.5, 0.6) is 0 Å². The van der Waals surface area contributed by atoms with E-state index in [1.807, 2.05) is 0 Å². The van der Waals surface area contributed by atoms with E-state index in [4.69, 9.17) is 20.9 Å². The van der Waals surface area contributed by atoms with Crippen LogP contribution in [0.2, 0.25) is 0 Å². The second-order valence-electron chi connectivity index (χ2n) is 7.50. The molecule has 0 radical (unpaired) electrons. The summed E-state index contributed by atoms with van der Waals surface area (Å²) in [6, 6.07) is 0. The van der Waals surface area contributed by atoms with Crippen molar-refractivity contribution < 1.29 is 23.5 Å². The highest BCUT2D eigenvalue weighted by atomic mass is 19.1. The number of halogens is 1. The summed E-state index contributed by atoms with van der Waals surface area (Å²) < 4.78 is 24.4. The lowest BCUT2D eigenvalue weighted by Crippen LogP contribution is -2.29. The second kappa shape index (κ2) is 13.7. The molecular weight excluding hydrogens is 415 g/mol. The first-order valence-corrected chi connectivity index (χ1v) is 9.96. The van der Waals surface area contributed by atoms with Gasteiger partial charge in [-0.05, 0) is 51.5 Å².